The second-order valence-electron chi connectivity index (χ2n) is 12.2. The highest BCUT2D eigenvalue weighted by Crippen LogP contribution is 2.26. The average Bonchev–Trinajstić information content (AvgIpc) is 3.01. The summed E-state index contributed by atoms with van der Waals surface area (Å²) in [5.41, 5.74) is 0. The van der Waals surface area contributed by atoms with Crippen LogP contribution in [0.1, 0.15) is 123 Å². The van der Waals surface area contributed by atoms with E-state index in [0.29, 0.717) is 19.3 Å². The molecule has 1 aliphatic rings. The van der Waals surface area contributed by atoms with Crippen molar-refractivity contribution in [3.05, 3.63) is 12.2 Å². The van der Waals surface area contributed by atoms with Gasteiger partial charge in [0.1, 0.15) is 30.5 Å². The van der Waals surface area contributed by atoms with Gasteiger partial charge in [0.05, 0.1) is 25.4 Å². The summed E-state index contributed by atoms with van der Waals surface area (Å²) in [5, 5.41) is 54.6. The third-order valence-electron chi connectivity index (χ3n) is 8.18. The molecule has 46 heavy (non-hydrogen) atoms. The van der Waals surface area contributed by atoms with Gasteiger partial charge in [0.25, 0.3) is 0 Å². The van der Waals surface area contributed by atoms with Crippen LogP contribution in [0.4, 0.5) is 0 Å². The summed E-state index contributed by atoms with van der Waals surface area (Å²) in [6, 6.07) is -1.03. The van der Waals surface area contributed by atoms with Crippen LogP contribution in [0.3, 0.4) is 0 Å². The number of unbranched alkanes of at least 4 members (excludes halogenated alkanes) is 12. The number of allylic oxidation sites excluding steroid dienone is 2. The molecule has 0 aromatic heterocycles. The first kappa shape index (κ1) is 42.8. The highest BCUT2D eigenvalue weighted by atomic mass is 32.3. The van der Waals surface area contributed by atoms with E-state index >= 15 is 0 Å². The molecule has 1 saturated heterocycles. The summed E-state index contributed by atoms with van der Waals surface area (Å²) in [4.78, 5) is 12.9. The molecule has 0 aliphatic carbocycles. The molecule has 14 heteroatoms. The Balaban J connectivity index is 2.77. The van der Waals surface area contributed by atoms with Crippen molar-refractivity contribution in [3.8, 4) is 0 Å². The lowest BCUT2D eigenvalue weighted by molar-refractivity contribution is -0.298. The topological polar surface area (TPSA) is 212 Å². The zero-order chi connectivity index (χ0) is 34.4. The molecule has 272 valence electrons. The Hall–Kier alpha value is -1.20. The SMILES string of the molecule is CCCC/C=C\CCCCCC(O)C(=O)NC(COC1OC(CO)C(O)C(OS(=O)(=O)O)C1O)C(O)CCCCCCCCCC. The number of amides is 1. The third-order valence-corrected chi connectivity index (χ3v) is 8.65. The van der Waals surface area contributed by atoms with Crippen molar-refractivity contribution >= 4 is 16.3 Å². The van der Waals surface area contributed by atoms with E-state index in [4.69, 9.17) is 14.0 Å². The van der Waals surface area contributed by atoms with Crippen LogP contribution in [0, 0.1) is 0 Å². The van der Waals surface area contributed by atoms with Gasteiger partial charge in [-0.2, -0.15) is 8.42 Å². The monoisotopic (exact) mass is 683 g/mol. The van der Waals surface area contributed by atoms with Gasteiger partial charge >= 0.3 is 10.4 Å². The first-order valence-corrected chi connectivity index (χ1v) is 18.5. The molecule has 0 spiro atoms. The number of carbonyl (C=O) groups is 1. The van der Waals surface area contributed by atoms with E-state index in [-0.39, 0.29) is 6.42 Å². The van der Waals surface area contributed by atoms with Gasteiger partial charge in [-0.1, -0.05) is 103 Å². The van der Waals surface area contributed by atoms with Crippen molar-refractivity contribution in [2.24, 2.45) is 0 Å². The van der Waals surface area contributed by atoms with Gasteiger partial charge in [0.2, 0.25) is 5.91 Å². The molecule has 0 aromatic rings. The number of ether oxygens (including phenoxy) is 2. The molecule has 1 rings (SSSR count). The maximum Gasteiger partial charge on any atom is 0.397 e. The minimum atomic E-state index is -5.10. The maximum atomic E-state index is 12.9. The van der Waals surface area contributed by atoms with Crippen LogP contribution in [-0.2, 0) is 28.9 Å². The van der Waals surface area contributed by atoms with E-state index in [9.17, 15) is 38.7 Å². The highest BCUT2D eigenvalue weighted by Gasteiger charge is 2.48. The first-order valence-electron chi connectivity index (χ1n) is 17.2. The molecule has 0 aromatic carbocycles. The van der Waals surface area contributed by atoms with E-state index in [2.05, 4.69) is 35.5 Å². The summed E-state index contributed by atoms with van der Waals surface area (Å²) in [6.45, 7) is 3.10. The van der Waals surface area contributed by atoms with Crippen molar-refractivity contribution in [1.82, 2.24) is 5.32 Å². The van der Waals surface area contributed by atoms with Gasteiger partial charge in [-0.3, -0.25) is 9.35 Å². The summed E-state index contributed by atoms with van der Waals surface area (Å²) in [5.74, 6) is -0.690. The van der Waals surface area contributed by atoms with Crippen molar-refractivity contribution in [2.45, 2.75) is 172 Å². The summed E-state index contributed by atoms with van der Waals surface area (Å²) >= 11 is 0. The Bertz CT molecular complexity index is 921. The quantitative estimate of drug-likeness (QED) is 0.0378. The number of rotatable bonds is 27. The fraction of sp³-hybridized carbons (Fsp3) is 0.906. The molecule has 13 nitrogen and oxygen atoms in total. The van der Waals surface area contributed by atoms with E-state index in [1.165, 1.54) is 25.7 Å². The van der Waals surface area contributed by atoms with Gasteiger partial charge in [-0.05, 0) is 32.1 Å². The van der Waals surface area contributed by atoms with E-state index in [1.807, 2.05) is 0 Å². The Morgan fingerprint density at radius 1 is 0.848 bits per heavy atom. The smallest absolute Gasteiger partial charge is 0.394 e. The minimum absolute atomic E-state index is 0.238. The normalized spacial score (nSPS) is 24.2. The second-order valence-corrected chi connectivity index (χ2v) is 13.3. The highest BCUT2D eigenvalue weighted by molar-refractivity contribution is 7.80. The lowest BCUT2D eigenvalue weighted by Crippen LogP contribution is -2.61. The predicted octanol–water partition coefficient (Wildman–Crippen LogP) is 3.06. The predicted molar refractivity (Wildman–Crippen MR) is 173 cm³/mol. The number of nitrogens with one attached hydrogen (secondary N) is 1. The van der Waals surface area contributed by atoms with Gasteiger partial charge < -0.3 is 40.3 Å². The van der Waals surface area contributed by atoms with Crippen molar-refractivity contribution < 1.29 is 57.0 Å². The van der Waals surface area contributed by atoms with Crippen LogP contribution in [0.25, 0.3) is 0 Å². The Morgan fingerprint density at radius 2 is 1.41 bits per heavy atom. The van der Waals surface area contributed by atoms with Crippen molar-refractivity contribution in [1.29, 1.82) is 0 Å². The molecule has 1 amide bonds. The number of hydrogen-bond donors (Lipinski definition) is 7. The van der Waals surface area contributed by atoms with Crippen LogP contribution in [0.5, 0.6) is 0 Å². The molecule has 7 N–H and O–H groups in total. The first-order chi connectivity index (χ1) is 21.9. The molecule has 1 aliphatic heterocycles. The van der Waals surface area contributed by atoms with Gasteiger partial charge in [-0.25, -0.2) is 4.18 Å². The number of aliphatic hydroxyl groups excluding tert-OH is 5. The average molecular weight is 684 g/mol. The number of aliphatic hydroxyl groups is 5. The van der Waals surface area contributed by atoms with Gasteiger partial charge in [-0.15, -0.1) is 0 Å². The molecule has 8 atom stereocenters. The third kappa shape index (κ3) is 18.4. The zero-order valence-electron chi connectivity index (χ0n) is 27.7. The molecular weight excluding hydrogens is 622 g/mol. The van der Waals surface area contributed by atoms with Crippen LogP contribution in [0.15, 0.2) is 12.2 Å². The van der Waals surface area contributed by atoms with Crippen LogP contribution < -0.4 is 5.32 Å². The second kappa shape index (κ2) is 24.9. The van der Waals surface area contributed by atoms with Crippen LogP contribution in [0.2, 0.25) is 0 Å². The Morgan fingerprint density at radius 3 is 2.02 bits per heavy atom. The van der Waals surface area contributed by atoms with Crippen molar-refractivity contribution in [3.63, 3.8) is 0 Å². The summed E-state index contributed by atoms with van der Waals surface area (Å²) in [6.07, 6.45) is 8.95. The fourth-order valence-corrected chi connectivity index (χ4v) is 5.83. The Kier molecular flexibility index (Phi) is 23.2. The molecule has 0 radical (unpaired) electrons. The molecule has 1 heterocycles. The van der Waals surface area contributed by atoms with E-state index in [0.717, 1.165) is 57.8 Å². The minimum Gasteiger partial charge on any atom is -0.394 e. The molecule has 8 unspecified atom stereocenters. The fourth-order valence-electron chi connectivity index (χ4n) is 5.33. The molecule has 1 fully saturated rings. The van der Waals surface area contributed by atoms with E-state index in [1.54, 1.807) is 0 Å². The van der Waals surface area contributed by atoms with E-state index < -0.39 is 78.5 Å². The molecule has 0 bridgehead atoms. The zero-order valence-corrected chi connectivity index (χ0v) is 28.6. The standard InChI is InChI=1S/C32H61NO12S/c1-3-5-7-9-11-13-15-17-19-21-26(36)31(39)33-24(25(35)20-18-16-14-12-10-8-6-4-2)23-43-32-29(38)30(45-46(40,41)42)28(37)27(22-34)44-32/h9,11,24-30,32,34-38H,3-8,10,12-23H2,1-2H3,(H,33,39)(H,40,41,42)/b11-9-. The largest absolute Gasteiger partial charge is 0.397 e. The molecular formula is C32H61NO12S. The van der Waals surface area contributed by atoms with Crippen LogP contribution >= 0.6 is 0 Å². The summed E-state index contributed by atoms with van der Waals surface area (Å²) in [7, 11) is -5.10. The van der Waals surface area contributed by atoms with Gasteiger partial charge in [0, 0.05) is 0 Å². The number of carbonyl (C=O) groups excluding carboxylic acids is 1. The number of hydrogen-bond acceptors (Lipinski definition) is 11. The molecule has 0 saturated carbocycles. The van der Waals surface area contributed by atoms with Crippen LogP contribution in [-0.4, -0.2) is 107 Å². The van der Waals surface area contributed by atoms with Gasteiger partial charge in [0.15, 0.2) is 6.29 Å². The lowest BCUT2D eigenvalue weighted by Gasteiger charge is -2.41. The lowest BCUT2D eigenvalue weighted by atomic mass is 9.99. The maximum absolute atomic E-state index is 12.9. The summed E-state index contributed by atoms with van der Waals surface area (Å²) < 4.78 is 47.0. The van der Waals surface area contributed by atoms with Crippen molar-refractivity contribution in [2.75, 3.05) is 13.2 Å². The Labute approximate surface area is 275 Å².